The zero-order valence-electron chi connectivity index (χ0n) is 11.0. The van der Waals surface area contributed by atoms with Gasteiger partial charge >= 0.3 is 0 Å². The van der Waals surface area contributed by atoms with Gasteiger partial charge in [0, 0.05) is 16.7 Å². The molecule has 0 bridgehead atoms. The highest BCUT2D eigenvalue weighted by Gasteiger charge is 2.08. The van der Waals surface area contributed by atoms with Gasteiger partial charge in [-0.2, -0.15) is 0 Å². The highest BCUT2D eigenvalue weighted by molar-refractivity contribution is 5.94. The molecule has 0 N–H and O–H groups in total. The summed E-state index contributed by atoms with van der Waals surface area (Å²) in [4.78, 5) is 15.5. The zero-order valence-corrected chi connectivity index (χ0v) is 11.0. The molecule has 0 radical (unpaired) electrons. The van der Waals surface area contributed by atoms with Gasteiger partial charge in [-0.3, -0.25) is 4.79 Å². The Labute approximate surface area is 116 Å². The summed E-state index contributed by atoms with van der Waals surface area (Å²) in [5, 5.41) is 0. The first-order valence-electron chi connectivity index (χ1n) is 6.36. The van der Waals surface area contributed by atoms with Crippen LogP contribution in [0.3, 0.4) is 0 Å². The largest absolute Gasteiger partial charge is 0.436 e. The molecular weight excluding hydrogens is 250 g/mol. The summed E-state index contributed by atoms with van der Waals surface area (Å²) in [5.41, 5.74) is 2.54. The number of aromatic nitrogens is 1. The average molecular weight is 263 g/mol. The van der Waals surface area contributed by atoms with Crippen LogP contribution in [0.2, 0.25) is 0 Å². The van der Waals surface area contributed by atoms with Crippen LogP contribution in [0.4, 0.5) is 0 Å². The molecule has 3 nitrogen and oxygen atoms in total. The number of rotatable bonds is 3. The second-order valence-electron chi connectivity index (χ2n) is 4.53. The SMILES string of the molecule is CC(=O)c1ccc(-c2cnc(-c3ccccc3)o2)cc1. The second-order valence-corrected chi connectivity index (χ2v) is 4.53. The number of hydrogen-bond donors (Lipinski definition) is 0. The van der Waals surface area contributed by atoms with Gasteiger partial charge in [-0.05, 0) is 19.1 Å². The number of carbonyl (C=O) groups is 1. The quantitative estimate of drug-likeness (QED) is 0.665. The van der Waals surface area contributed by atoms with E-state index in [4.69, 9.17) is 4.42 Å². The summed E-state index contributed by atoms with van der Waals surface area (Å²) in [5.74, 6) is 1.34. The van der Waals surface area contributed by atoms with Crippen molar-refractivity contribution >= 4 is 5.78 Å². The maximum Gasteiger partial charge on any atom is 0.226 e. The molecule has 0 saturated carbocycles. The number of ketones is 1. The molecule has 1 heterocycles. The van der Waals surface area contributed by atoms with Crippen molar-refractivity contribution in [3.63, 3.8) is 0 Å². The first-order valence-corrected chi connectivity index (χ1v) is 6.36. The lowest BCUT2D eigenvalue weighted by molar-refractivity contribution is 0.101. The van der Waals surface area contributed by atoms with Crippen LogP contribution in [0.25, 0.3) is 22.8 Å². The highest BCUT2D eigenvalue weighted by atomic mass is 16.4. The Morgan fingerprint density at radius 2 is 1.65 bits per heavy atom. The minimum atomic E-state index is 0.0547. The fourth-order valence-electron chi connectivity index (χ4n) is 1.99. The summed E-state index contributed by atoms with van der Waals surface area (Å²) >= 11 is 0. The first-order chi connectivity index (χ1) is 9.74. The molecule has 3 aromatic rings. The molecule has 2 aromatic carbocycles. The monoisotopic (exact) mass is 263 g/mol. The summed E-state index contributed by atoms with van der Waals surface area (Å²) in [6.45, 7) is 1.55. The Kier molecular flexibility index (Phi) is 3.17. The predicted octanol–water partition coefficient (Wildman–Crippen LogP) is 4.21. The fourth-order valence-corrected chi connectivity index (χ4v) is 1.99. The van der Waals surface area contributed by atoms with Gasteiger partial charge in [-0.25, -0.2) is 4.98 Å². The van der Waals surface area contributed by atoms with Crippen molar-refractivity contribution < 1.29 is 9.21 Å². The molecule has 0 aliphatic rings. The number of hydrogen-bond acceptors (Lipinski definition) is 3. The van der Waals surface area contributed by atoms with Crippen LogP contribution in [0.5, 0.6) is 0 Å². The molecule has 0 aliphatic heterocycles. The van der Waals surface area contributed by atoms with Crippen LogP contribution in [-0.2, 0) is 0 Å². The van der Waals surface area contributed by atoms with Crippen LogP contribution in [-0.4, -0.2) is 10.8 Å². The Hall–Kier alpha value is -2.68. The molecule has 20 heavy (non-hydrogen) atoms. The molecule has 0 atom stereocenters. The summed E-state index contributed by atoms with van der Waals surface area (Å²) in [7, 11) is 0. The van der Waals surface area contributed by atoms with E-state index in [1.54, 1.807) is 25.3 Å². The maximum atomic E-state index is 11.2. The van der Waals surface area contributed by atoms with E-state index in [0.717, 1.165) is 11.1 Å². The average Bonchev–Trinajstić information content (AvgIpc) is 2.98. The van der Waals surface area contributed by atoms with Crippen molar-refractivity contribution in [2.75, 3.05) is 0 Å². The number of Topliss-reactive ketones (excluding diaryl/α,β-unsaturated/α-hetero) is 1. The van der Waals surface area contributed by atoms with Gasteiger partial charge < -0.3 is 4.42 Å². The zero-order chi connectivity index (χ0) is 13.9. The Balaban J connectivity index is 1.92. The Morgan fingerprint density at radius 1 is 0.950 bits per heavy atom. The second kappa shape index (κ2) is 5.13. The lowest BCUT2D eigenvalue weighted by atomic mass is 10.1. The molecule has 3 rings (SSSR count). The molecule has 0 aliphatic carbocycles. The van der Waals surface area contributed by atoms with Crippen molar-refractivity contribution in [3.05, 3.63) is 66.4 Å². The molecule has 0 fully saturated rings. The molecule has 98 valence electrons. The molecule has 3 heteroatoms. The van der Waals surface area contributed by atoms with Crippen LogP contribution in [0, 0.1) is 0 Å². The number of nitrogens with zero attached hydrogens (tertiary/aromatic N) is 1. The van der Waals surface area contributed by atoms with Crippen molar-refractivity contribution in [1.82, 2.24) is 4.98 Å². The van der Waals surface area contributed by atoms with E-state index >= 15 is 0 Å². The van der Waals surface area contributed by atoms with E-state index in [1.165, 1.54) is 0 Å². The Morgan fingerprint density at radius 3 is 2.30 bits per heavy atom. The third-order valence-corrected chi connectivity index (χ3v) is 3.10. The first kappa shape index (κ1) is 12.4. The summed E-state index contributed by atoms with van der Waals surface area (Å²) in [6, 6.07) is 17.1. The van der Waals surface area contributed by atoms with E-state index in [-0.39, 0.29) is 5.78 Å². The van der Waals surface area contributed by atoms with Crippen LogP contribution in [0.1, 0.15) is 17.3 Å². The predicted molar refractivity (Wildman–Crippen MR) is 77.4 cm³/mol. The molecule has 1 aromatic heterocycles. The van der Waals surface area contributed by atoms with Crippen molar-refractivity contribution in [3.8, 4) is 22.8 Å². The van der Waals surface area contributed by atoms with Crippen LogP contribution in [0.15, 0.2) is 65.2 Å². The molecular formula is C17H13NO2. The summed E-state index contributed by atoms with van der Waals surface area (Å²) in [6.07, 6.45) is 1.70. The lowest BCUT2D eigenvalue weighted by Crippen LogP contribution is -1.90. The van der Waals surface area contributed by atoms with Gasteiger partial charge in [0.05, 0.1) is 6.20 Å². The number of benzene rings is 2. The smallest absolute Gasteiger partial charge is 0.226 e. The van der Waals surface area contributed by atoms with E-state index < -0.39 is 0 Å². The third-order valence-electron chi connectivity index (χ3n) is 3.10. The number of oxazole rings is 1. The van der Waals surface area contributed by atoms with Gasteiger partial charge in [-0.15, -0.1) is 0 Å². The van der Waals surface area contributed by atoms with Crippen LogP contribution < -0.4 is 0 Å². The van der Waals surface area contributed by atoms with E-state index in [0.29, 0.717) is 17.2 Å². The third kappa shape index (κ3) is 2.38. The van der Waals surface area contributed by atoms with Gasteiger partial charge in [-0.1, -0.05) is 42.5 Å². The van der Waals surface area contributed by atoms with E-state index in [9.17, 15) is 4.79 Å². The van der Waals surface area contributed by atoms with E-state index in [2.05, 4.69) is 4.98 Å². The lowest BCUT2D eigenvalue weighted by Gasteiger charge is -1.98. The standard InChI is InChI=1S/C17H13NO2/c1-12(19)13-7-9-14(10-8-13)16-11-18-17(20-16)15-5-3-2-4-6-15/h2-11H,1H3. The van der Waals surface area contributed by atoms with Gasteiger partial charge in [0.25, 0.3) is 0 Å². The molecule has 0 unspecified atom stereocenters. The molecule has 0 amide bonds. The highest BCUT2D eigenvalue weighted by Crippen LogP contribution is 2.26. The van der Waals surface area contributed by atoms with Crippen molar-refractivity contribution in [1.29, 1.82) is 0 Å². The topological polar surface area (TPSA) is 43.1 Å². The number of carbonyl (C=O) groups excluding carboxylic acids is 1. The minimum absolute atomic E-state index is 0.0547. The van der Waals surface area contributed by atoms with Gasteiger partial charge in [0.15, 0.2) is 11.5 Å². The molecule has 0 saturated heterocycles. The molecule has 0 spiro atoms. The van der Waals surface area contributed by atoms with Gasteiger partial charge in [0.1, 0.15) is 0 Å². The minimum Gasteiger partial charge on any atom is -0.436 e. The fraction of sp³-hybridized carbons (Fsp3) is 0.0588. The van der Waals surface area contributed by atoms with Gasteiger partial charge in [0.2, 0.25) is 5.89 Å². The van der Waals surface area contributed by atoms with Crippen molar-refractivity contribution in [2.45, 2.75) is 6.92 Å². The summed E-state index contributed by atoms with van der Waals surface area (Å²) < 4.78 is 5.76. The maximum absolute atomic E-state index is 11.2. The normalized spacial score (nSPS) is 10.4. The van der Waals surface area contributed by atoms with Crippen LogP contribution >= 0.6 is 0 Å². The van der Waals surface area contributed by atoms with E-state index in [1.807, 2.05) is 42.5 Å². The van der Waals surface area contributed by atoms with Crippen molar-refractivity contribution in [2.24, 2.45) is 0 Å². The Bertz CT molecular complexity index is 727.